The van der Waals surface area contributed by atoms with Crippen LogP contribution in [0.5, 0.6) is 0 Å². The summed E-state index contributed by atoms with van der Waals surface area (Å²) in [6, 6.07) is 19.5. The Balaban J connectivity index is 1.59. The topological polar surface area (TPSA) is 50.6 Å². The van der Waals surface area contributed by atoms with Crippen LogP contribution in [0.4, 0.5) is 11.4 Å². The van der Waals surface area contributed by atoms with Gasteiger partial charge in [0.15, 0.2) is 0 Å². The number of nitrogens with zero attached hydrogens (tertiary/aromatic N) is 4. The highest BCUT2D eigenvalue weighted by molar-refractivity contribution is 6.33. The summed E-state index contributed by atoms with van der Waals surface area (Å²) in [5, 5.41) is 9.67. The van der Waals surface area contributed by atoms with Crippen LogP contribution in [0.25, 0.3) is 0 Å². The zero-order valence-electron chi connectivity index (χ0n) is 15.2. The summed E-state index contributed by atoms with van der Waals surface area (Å²) in [6.07, 6.45) is 0.320. The molecule has 0 spiro atoms. The maximum Gasteiger partial charge on any atom is 0.241 e. The fourth-order valence-electron chi connectivity index (χ4n) is 3.30. The Morgan fingerprint density at radius 1 is 1.04 bits per heavy atom. The van der Waals surface area contributed by atoms with Gasteiger partial charge < -0.3 is 9.80 Å². The average molecular weight is 383 g/mol. The van der Waals surface area contributed by atoms with Crippen molar-refractivity contribution in [1.29, 1.82) is 5.26 Å². The van der Waals surface area contributed by atoms with Crippen LogP contribution in [0.2, 0.25) is 5.02 Å². The van der Waals surface area contributed by atoms with Crippen molar-refractivity contribution < 1.29 is 4.79 Å². The van der Waals surface area contributed by atoms with Crippen LogP contribution in [0, 0.1) is 11.3 Å². The van der Waals surface area contributed by atoms with Gasteiger partial charge in [-0.3, -0.25) is 9.69 Å². The molecule has 2 aromatic rings. The van der Waals surface area contributed by atoms with E-state index in [1.165, 1.54) is 0 Å². The third-order valence-corrected chi connectivity index (χ3v) is 5.06. The van der Waals surface area contributed by atoms with Gasteiger partial charge in [-0.05, 0) is 24.3 Å². The van der Waals surface area contributed by atoms with E-state index in [0.29, 0.717) is 19.5 Å². The van der Waals surface area contributed by atoms with E-state index in [2.05, 4.69) is 15.9 Å². The van der Waals surface area contributed by atoms with Crippen molar-refractivity contribution in [2.75, 3.05) is 49.1 Å². The molecule has 1 fully saturated rings. The lowest BCUT2D eigenvalue weighted by atomic mass is 10.2. The maximum absolute atomic E-state index is 12.9. The number of nitriles is 1. The molecule has 1 aliphatic heterocycles. The Bertz CT molecular complexity index is 797. The number of amides is 1. The van der Waals surface area contributed by atoms with E-state index in [1.54, 1.807) is 4.90 Å². The lowest BCUT2D eigenvalue weighted by Gasteiger charge is -2.37. The molecule has 0 bridgehead atoms. The Hall–Kier alpha value is -2.55. The van der Waals surface area contributed by atoms with E-state index in [0.717, 1.165) is 42.6 Å². The van der Waals surface area contributed by atoms with Crippen molar-refractivity contribution in [3.63, 3.8) is 0 Å². The van der Waals surface area contributed by atoms with Crippen molar-refractivity contribution in [3.05, 3.63) is 59.6 Å². The molecule has 0 unspecified atom stereocenters. The lowest BCUT2D eigenvalue weighted by Crippen LogP contribution is -2.50. The first-order chi connectivity index (χ1) is 13.2. The van der Waals surface area contributed by atoms with E-state index >= 15 is 0 Å². The molecule has 6 heteroatoms. The van der Waals surface area contributed by atoms with E-state index in [-0.39, 0.29) is 5.91 Å². The number of halogens is 1. The molecule has 140 valence electrons. The lowest BCUT2D eigenvalue weighted by molar-refractivity contribution is -0.119. The van der Waals surface area contributed by atoms with E-state index in [4.69, 9.17) is 16.9 Å². The normalized spacial score (nSPS) is 14.6. The first-order valence-electron chi connectivity index (χ1n) is 9.13. The van der Waals surface area contributed by atoms with Gasteiger partial charge in [0.05, 0.1) is 29.7 Å². The monoisotopic (exact) mass is 382 g/mol. The summed E-state index contributed by atoms with van der Waals surface area (Å²) in [4.78, 5) is 19.0. The van der Waals surface area contributed by atoms with Gasteiger partial charge in [0.1, 0.15) is 0 Å². The van der Waals surface area contributed by atoms with Crippen molar-refractivity contribution in [2.24, 2.45) is 0 Å². The number of carbonyl (C=O) groups excluding carboxylic acids is 1. The van der Waals surface area contributed by atoms with E-state index < -0.39 is 0 Å². The SMILES string of the molecule is N#CCCN(C(=O)CN1CCN(c2ccccc2Cl)CC1)c1ccccc1. The summed E-state index contributed by atoms with van der Waals surface area (Å²) in [5.74, 6) is 0.0302. The minimum absolute atomic E-state index is 0.0302. The third-order valence-electron chi connectivity index (χ3n) is 4.74. The average Bonchev–Trinajstić information content (AvgIpc) is 2.70. The maximum atomic E-state index is 12.9. The van der Waals surface area contributed by atoms with Crippen LogP contribution in [-0.2, 0) is 4.79 Å². The van der Waals surface area contributed by atoms with Gasteiger partial charge in [0, 0.05) is 38.4 Å². The number of para-hydroxylation sites is 2. The predicted molar refractivity (Wildman–Crippen MR) is 109 cm³/mol. The van der Waals surface area contributed by atoms with E-state index in [1.807, 2.05) is 54.6 Å². The molecule has 0 radical (unpaired) electrons. The van der Waals surface area contributed by atoms with Crippen LogP contribution >= 0.6 is 11.6 Å². The summed E-state index contributed by atoms with van der Waals surface area (Å²) >= 11 is 6.29. The van der Waals surface area contributed by atoms with Crippen LogP contribution < -0.4 is 9.80 Å². The van der Waals surface area contributed by atoms with Gasteiger partial charge in [-0.15, -0.1) is 0 Å². The predicted octanol–water partition coefficient (Wildman–Crippen LogP) is 3.41. The second-order valence-corrected chi connectivity index (χ2v) is 6.91. The van der Waals surface area contributed by atoms with Gasteiger partial charge in [-0.1, -0.05) is 41.9 Å². The third kappa shape index (κ3) is 5.00. The molecule has 0 saturated carbocycles. The fourth-order valence-corrected chi connectivity index (χ4v) is 3.55. The van der Waals surface area contributed by atoms with Crippen molar-refractivity contribution >= 4 is 28.9 Å². The summed E-state index contributed by atoms with van der Waals surface area (Å²) in [5.41, 5.74) is 1.89. The Morgan fingerprint density at radius 2 is 1.70 bits per heavy atom. The molecule has 2 aromatic carbocycles. The molecular formula is C21H23ClN4O. The fraction of sp³-hybridized carbons (Fsp3) is 0.333. The number of hydrogen-bond donors (Lipinski definition) is 0. The molecular weight excluding hydrogens is 360 g/mol. The number of rotatable bonds is 6. The number of hydrogen-bond acceptors (Lipinski definition) is 4. The molecule has 27 heavy (non-hydrogen) atoms. The minimum atomic E-state index is 0.0302. The Labute approximate surface area is 165 Å². The zero-order chi connectivity index (χ0) is 19.1. The molecule has 1 saturated heterocycles. The second kappa shape index (κ2) is 9.40. The summed E-state index contributed by atoms with van der Waals surface area (Å²) in [6.45, 7) is 4.05. The highest BCUT2D eigenvalue weighted by atomic mass is 35.5. The van der Waals surface area contributed by atoms with Gasteiger partial charge in [-0.25, -0.2) is 0 Å². The van der Waals surface area contributed by atoms with Crippen LogP contribution in [0.15, 0.2) is 54.6 Å². The van der Waals surface area contributed by atoms with Crippen LogP contribution in [-0.4, -0.2) is 50.1 Å². The van der Waals surface area contributed by atoms with Crippen molar-refractivity contribution in [3.8, 4) is 6.07 Å². The molecule has 1 aliphatic rings. The smallest absolute Gasteiger partial charge is 0.241 e. The van der Waals surface area contributed by atoms with Gasteiger partial charge in [0.25, 0.3) is 0 Å². The highest BCUT2D eigenvalue weighted by Crippen LogP contribution is 2.26. The highest BCUT2D eigenvalue weighted by Gasteiger charge is 2.23. The largest absolute Gasteiger partial charge is 0.368 e. The summed E-state index contributed by atoms with van der Waals surface area (Å²) < 4.78 is 0. The molecule has 0 N–H and O–H groups in total. The molecule has 0 aliphatic carbocycles. The minimum Gasteiger partial charge on any atom is -0.368 e. The molecule has 5 nitrogen and oxygen atoms in total. The number of piperazine rings is 1. The molecule has 1 amide bonds. The van der Waals surface area contributed by atoms with Gasteiger partial charge in [0.2, 0.25) is 5.91 Å². The summed E-state index contributed by atoms with van der Waals surface area (Å²) in [7, 11) is 0. The zero-order valence-corrected chi connectivity index (χ0v) is 16.0. The molecule has 1 heterocycles. The first kappa shape index (κ1) is 19.2. The molecule has 3 rings (SSSR count). The first-order valence-corrected chi connectivity index (χ1v) is 9.51. The number of benzene rings is 2. The van der Waals surface area contributed by atoms with Crippen LogP contribution in [0.1, 0.15) is 6.42 Å². The number of anilines is 2. The van der Waals surface area contributed by atoms with Crippen LogP contribution in [0.3, 0.4) is 0 Å². The van der Waals surface area contributed by atoms with E-state index in [9.17, 15) is 4.79 Å². The van der Waals surface area contributed by atoms with Crippen molar-refractivity contribution in [1.82, 2.24) is 4.90 Å². The van der Waals surface area contributed by atoms with Gasteiger partial charge >= 0.3 is 0 Å². The molecule has 0 atom stereocenters. The standard InChI is InChI=1S/C21H23ClN4O/c22-19-9-4-5-10-20(19)25-15-13-24(14-16-25)17-21(27)26(12-6-11-23)18-7-2-1-3-8-18/h1-5,7-10H,6,12-17H2. The Morgan fingerprint density at radius 3 is 2.37 bits per heavy atom. The second-order valence-electron chi connectivity index (χ2n) is 6.50. The van der Waals surface area contributed by atoms with Crippen molar-refractivity contribution in [2.45, 2.75) is 6.42 Å². The Kier molecular flexibility index (Phi) is 6.69. The van der Waals surface area contributed by atoms with Gasteiger partial charge in [-0.2, -0.15) is 5.26 Å². The quantitative estimate of drug-likeness (QED) is 0.768. The number of carbonyl (C=O) groups is 1. The molecule has 0 aromatic heterocycles.